The molecule has 118 valence electrons. The first-order chi connectivity index (χ1) is 9.81. The van der Waals surface area contributed by atoms with Crippen LogP contribution in [0.4, 0.5) is 0 Å². The molecule has 2 aliphatic rings. The number of hydrogen-bond donors (Lipinski definition) is 1. The zero-order valence-electron chi connectivity index (χ0n) is 12.9. The Hall–Kier alpha value is -1.39. The van der Waals surface area contributed by atoms with Crippen LogP contribution in [-0.4, -0.2) is 29.4 Å². The topological polar surface area (TPSA) is 80.7 Å². The van der Waals surface area contributed by atoms with E-state index in [2.05, 4.69) is 6.92 Å². The zero-order chi connectivity index (χ0) is 15.8. The molecule has 6 atom stereocenters. The SMILES string of the molecule is C[C@@H]1C(=O)O[C@H]2[C@H]1CC[C@H](C)[C@H](CCC(=O)O)[C@@]2(C)C=O. The standard InChI is InChI=1S/C16H24O5/c1-9-4-5-11-10(2)15(20)21-14(11)16(3,8-17)12(9)6-7-13(18)19/h8-12,14H,4-7H2,1-3H3,(H,18,19)/t9-,10-,11-,12-,14-,16+/m0/s1. The van der Waals surface area contributed by atoms with Gasteiger partial charge in [0.2, 0.25) is 0 Å². The Bertz CT molecular complexity index is 446. The Morgan fingerprint density at radius 2 is 2.10 bits per heavy atom. The van der Waals surface area contributed by atoms with E-state index in [1.807, 2.05) is 13.8 Å². The fraction of sp³-hybridized carbons (Fsp3) is 0.812. The van der Waals surface area contributed by atoms with Crippen LogP contribution in [0.5, 0.6) is 0 Å². The van der Waals surface area contributed by atoms with Gasteiger partial charge in [-0.3, -0.25) is 9.59 Å². The van der Waals surface area contributed by atoms with E-state index in [0.29, 0.717) is 6.42 Å². The van der Waals surface area contributed by atoms with Crippen molar-refractivity contribution in [1.29, 1.82) is 0 Å². The maximum Gasteiger partial charge on any atom is 0.309 e. The van der Waals surface area contributed by atoms with Gasteiger partial charge in [0.25, 0.3) is 0 Å². The number of esters is 1. The molecule has 0 spiro atoms. The van der Waals surface area contributed by atoms with Crippen molar-refractivity contribution in [1.82, 2.24) is 0 Å². The van der Waals surface area contributed by atoms with E-state index < -0.39 is 17.5 Å². The molecule has 0 amide bonds. The van der Waals surface area contributed by atoms with Crippen LogP contribution >= 0.6 is 0 Å². The first-order valence-corrected chi connectivity index (χ1v) is 7.70. The highest BCUT2D eigenvalue weighted by atomic mass is 16.6. The van der Waals surface area contributed by atoms with Crippen LogP contribution in [0.15, 0.2) is 0 Å². The van der Waals surface area contributed by atoms with Gasteiger partial charge in [-0.05, 0) is 38.0 Å². The van der Waals surface area contributed by atoms with Crippen molar-refractivity contribution in [2.75, 3.05) is 0 Å². The highest BCUT2D eigenvalue weighted by molar-refractivity contribution is 5.76. The Kier molecular flexibility index (Phi) is 4.40. The molecule has 0 aromatic heterocycles. The third-order valence-corrected chi connectivity index (χ3v) is 5.62. The molecule has 2 fully saturated rings. The van der Waals surface area contributed by atoms with Crippen molar-refractivity contribution in [2.45, 2.75) is 52.6 Å². The summed E-state index contributed by atoms with van der Waals surface area (Å²) >= 11 is 0. The largest absolute Gasteiger partial charge is 0.481 e. The van der Waals surface area contributed by atoms with E-state index in [0.717, 1.165) is 19.1 Å². The van der Waals surface area contributed by atoms with Crippen LogP contribution in [0, 0.1) is 29.1 Å². The van der Waals surface area contributed by atoms with Crippen LogP contribution in [0.3, 0.4) is 0 Å². The smallest absolute Gasteiger partial charge is 0.309 e. The summed E-state index contributed by atoms with van der Waals surface area (Å²) in [5, 5.41) is 8.94. The first kappa shape index (κ1) is 16.0. The number of hydrogen-bond acceptors (Lipinski definition) is 4. The summed E-state index contributed by atoms with van der Waals surface area (Å²) in [5.41, 5.74) is -0.795. The number of aldehydes is 1. The molecule has 1 aliphatic heterocycles. The summed E-state index contributed by atoms with van der Waals surface area (Å²) in [7, 11) is 0. The second-order valence-corrected chi connectivity index (χ2v) is 6.89. The van der Waals surface area contributed by atoms with Crippen molar-refractivity contribution in [3.8, 4) is 0 Å². The fourth-order valence-electron chi connectivity index (χ4n) is 4.26. The van der Waals surface area contributed by atoms with Gasteiger partial charge in [0.15, 0.2) is 0 Å². The lowest BCUT2D eigenvalue weighted by Gasteiger charge is -2.39. The van der Waals surface area contributed by atoms with E-state index in [1.165, 1.54) is 0 Å². The van der Waals surface area contributed by atoms with Gasteiger partial charge in [-0.1, -0.05) is 13.8 Å². The van der Waals surface area contributed by atoms with Gasteiger partial charge in [0.1, 0.15) is 12.4 Å². The molecule has 0 unspecified atom stereocenters. The van der Waals surface area contributed by atoms with E-state index in [1.54, 1.807) is 0 Å². The van der Waals surface area contributed by atoms with Crippen LogP contribution in [0.2, 0.25) is 0 Å². The zero-order valence-corrected chi connectivity index (χ0v) is 12.9. The molecule has 2 rings (SSSR count). The molecule has 1 saturated carbocycles. The Morgan fingerprint density at radius 1 is 1.43 bits per heavy atom. The Morgan fingerprint density at radius 3 is 2.67 bits per heavy atom. The molecule has 1 saturated heterocycles. The van der Waals surface area contributed by atoms with Crippen LogP contribution in [-0.2, 0) is 19.1 Å². The van der Waals surface area contributed by atoms with Gasteiger partial charge in [0.05, 0.1) is 11.3 Å². The highest BCUT2D eigenvalue weighted by Crippen LogP contribution is 2.51. The van der Waals surface area contributed by atoms with Gasteiger partial charge in [-0.15, -0.1) is 0 Å². The highest BCUT2D eigenvalue weighted by Gasteiger charge is 2.56. The second kappa shape index (κ2) is 5.78. The lowest BCUT2D eigenvalue weighted by Crippen LogP contribution is -2.44. The number of aliphatic carboxylic acids is 1. The predicted octanol–water partition coefficient (Wildman–Crippen LogP) is 2.28. The lowest BCUT2D eigenvalue weighted by molar-refractivity contribution is -0.153. The van der Waals surface area contributed by atoms with Gasteiger partial charge >= 0.3 is 11.9 Å². The minimum absolute atomic E-state index is 0.0410. The quantitative estimate of drug-likeness (QED) is 0.636. The minimum atomic E-state index is -0.854. The molecule has 1 aliphatic carbocycles. The number of carbonyl (C=O) groups is 3. The third kappa shape index (κ3) is 2.70. The van der Waals surface area contributed by atoms with Crippen molar-refractivity contribution in [3.05, 3.63) is 0 Å². The molecule has 1 heterocycles. The fourth-order valence-corrected chi connectivity index (χ4v) is 4.26. The maximum atomic E-state index is 11.9. The number of carboxylic acid groups (broad SMARTS) is 1. The summed E-state index contributed by atoms with van der Waals surface area (Å²) in [5.74, 6) is -1.03. The van der Waals surface area contributed by atoms with Gasteiger partial charge in [-0.25, -0.2) is 0 Å². The van der Waals surface area contributed by atoms with Gasteiger partial charge in [0, 0.05) is 12.3 Å². The number of ether oxygens (including phenoxy) is 1. The lowest BCUT2D eigenvalue weighted by atomic mass is 9.66. The monoisotopic (exact) mass is 296 g/mol. The number of rotatable bonds is 4. The van der Waals surface area contributed by atoms with E-state index in [4.69, 9.17) is 9.84 Å². The number of carboxylic acids is 1. The average Bonchev–Trinajstić information content (AvgIpc) is 2.66. The normalized spacial score (nSPS) is 42.8. The molecule has 0 bridgehead atoms. The molecule has 5 heteroatoms. The molecule has 21 heavy (non-hydrogen) atoms. The summed E-state index contributed by atoms with van der Waals surface area (Å²) in [6, 6.07) is 0. The molecule has 0 radical (unpaired) electrons. The Labute approximate surface area is 125 Å². The molecule has 0 aromatic carbocycles. The Balaban J connectivity index is 2.33. The third-order valence-electron chi connectivity index (χ3n) is 5.62. The van der Waals surface area contributed by atoms with E-state index in [-0.39, 0.29) is 36.1 Å². The van der Waals surface area contributed by atoms with Crippen LogP contribution in [0.25, 0.3) is 0 Å². The molecule has 1 N–H and O–H groups in total. The molecule has 0 aromatic rings. The predicted molar refractivity (Wildman–Crippen MR) is 75.5 cm³/mol. The summed E-state index contributed by atoms with van der Waals surface area (Å²) < 4.78 is 5.53. The van der Waals surface area contributed by atoms with Crippen molar-refractivity contribution in [3.63, 3.8) is 0 Å². The molecular formula is C16H24O5. The van der Waals surface area contributed by atoms with Crippen molar-refractivity contribution < 1.29 is 24.2 Å². The van der Waals surface area contributed by atoms with Crippen molar-refractivity contribution >= 4 is 18.2 Å². The van der Waals surface area contributed by atoms with Crippen LogP contribution < -0.4 is 0 Å². The van der Waals surface area contributed by atoms with Gasteiger partial charge in [-0.2, -0.15) is 0 Å². The molecule has 5 nitrogen and oxygen atoms in total. The van der Waals surface area contributed by atoms with E-state index in [9.17, 15) is 14.4 Å². The summed E-state index contributed by atoms with van der Waals surface area (Å²) in [6.45, 7) is 5.76. The van der Waals surface area contributed by atoms with E-state index >= 15 is 0 Å². The molecular weight excluding hydrogens is 272 g/mol. The minimum Gasteiger partial charge on any atom is -0.481 e. The summed E-state index contributed by atoms with van der Waals surface area (Å²) in [6.07, 6.45) is 2.72. The number of fused-ring (bicyclic) bond motifs is 1. The summed E-state index contributed by atoms with van der Waals surface area (Å²) in [4.78, 5) is 34.6. The van der Waals surface area contributed by atoms with Gasteiger partial charge < -0.3 is 14.6 Å². The maximum absolute atomic E-state index is 11.9. The van der Waals surface area contributed by atoms with Crippen LogP contribution in [0.1, 0.15) is 46.5 Å². The number of carbonyl (C=O) groups excluding carboxylic acids is 2. The first-order valence-electron chi connectivity index (χ1n) is 7.70. The second-order valence-electron chi connectivity index (χ2n) is 6.89. The van der Waals surface area contributed by atoms with Crippen molar-refractivity contribution in [2.24, 2.45) is 29.1 Å². The average molecular weight is 296 g/mol.